The molecule has 2 aromatic carbocycles. The van der Waals surface area contributed by atoms with Crippen LogP contribution in [-0.2, 0) is 27.4 Å². The van der Waals surface area contributed by atoms with Gasteiger partial charge in [0.05, 0.1) is 19.8 Å². The molecule has 0 unspecified atom stereocenters. The van der Waals surface area contributed by atoms with Gasteiger partial charge in [-0.15, -0.1) is 0 Å². The van der Waals surface area contributed by atoms with Gasteiger partial charge in [0.15, 0.2) is 0 Å². The Morgan fingerprint density at radius 1 is 0.969 bits per heavy atom. The van der Waals surface area contributed by atoms with Gasteiger partial charge in [-0.05, 0) is 31.9 Å². The third kappa shape index (κ3) is 7.48. The summed E-state index contributed by atoms with van der Waals surface area (Å²) < 4.78 is 17.9. The van der Waals surface area contributed by atoms with E-state index in [1.807, 2.05) is 81.4 Å². The number of carbonyl (C=O) groups excluding carboxylic acids is 1. The summed E-state index contributed by atoms with van der Waals surface area (Å²) in [6.45, 7) is 6.74. The number of hydrogen-bond donors (Lipinski definition) is 1. The van der Waals surface area contributed by atoms with E-state index in [1.54, 1.807) is 17.1 Å². The van der Waals surface area contributed by atoms with Crippen molar-refractivity contribution < 1.29 is 24.1 Å². The second kappa shape index (κ2) is 11.3. The fraction of sp³-hybridized carbons (Fsp3) is 0.423. The number of amides is 1. The van der Waals surface area contributed by atoms with Crippen molar-refractivity contribution in [1.29, 1.82) is 0 Å². The lowest BCUT2D eigenvalue weighted by molar-refractivity contribution is -0.129. The van der Waals surface area contributed by atoms with Crippen LogP contribution in [0.15, 0.2) is 72.8 Å². The van der Waals surface area contributed by atoms with Gasteiger partial charge in [0.25, 0.3) is 0 Å². The molecule has 0 bridgehead atoms. The number of aliphatic hydroxyl groups excluding tert-OH is 1. The molecule has 6 heteroatoms. The predicted octanol–water partition coefficient (Wildman–Crippen LogP) is 4.33. The second-order valence-corrected chi connectivity index (χ2v) is 8.90. The van der Waals surface area contributed by atoms with E-state index in [1.165, 1.54) is 0 Å². The first kappa shape index (κ1) is 24.0. The summed E-state index contributed by atoms with van der Waals surface area (Å²) >= 11 is 0. The maximum atomic E-state index is 12.8. The molecule has 0 fully saturated rings. The van der Waals surface area contributed by atoms with Crippen molar-refractivity contribution in [2.24, 2.45) is 0 Å². The molecule has 3 atom stereocenters. The van der Waals surface area contributed by atoms with Gasteiger partial charge in [-0.1, -0.05) is 72.8 Å². The minimum absolute atomic E-state index is 0.239. The molecule has 1 amide bonds. The van der Waals surface area contributed by atoms with Crippen LogP contribution in [0, 0.1) is 0 Å². The molecule has 1 N–H and O–H groups in total. The van der Waals surface area contributed by atoms with E-state index in [0.29, 0.717) is 19.8 Å². The van der Waals surface area contributed by atoms with Gasteiger partial charge in [0.2, 0.25) is 0 Å². The van der Waals surface area contributed by atoms with Crippen LogP contribution in [-0.4, -0.2) is 53.1 Å². The van der Waals surface area contributed by atoms with E-state index in [-0.39, 0.29) is 6.54 Å². The van der Waals surface area contributed by atoms with Gasteiger partial charge in [-0.25, -0.2) is 4.79 Å². The third-order valence-electron chi connectivity index (χ3n) is 5.01. The smallest absolute Gasteiger partial charge is 0.410 e. The van der Waals surface area contributed by atoms with Crippen LogP contribution in [0.1, 0.15) is 31.9 Å². The second-order valence-electron chi connectivity index (χ2n) is 8.90. The first-order valence-electron chi connectivity index (χ1n) is 11.0. The SMILES string of the molecule is CC(C)(C)OC(=O)N1C/C=C\[C@@H](O)[C@H](OCc2ccccc2)[C@@H](OCc2ccccc2)C1. The van der Waals surface area contributed by atoms with Gasteiger partial charge in [-0.2, -0.15) is 0 Å². The average molecular weight is 440 g/mol. The lowest BCUT2D eigenvalue weighted by atomic mass is 10.0. The summed E-state index contributed by atoms with van der Waals surface area (Å²) in [5.41, 5.74) is 1.40. The van der Waals surface area contributed by atoms with Crippen LogP contribution in [0.4, 0.5) is 4.79 Å². The summed E-state index contributed by atoms with van der Waals surface area (Å²) in [4.78, 5) is 14.4. The molecule has 0 aliphatic carbocycles. The summed E-state index contributed by atoms with van der Waals surface area (Å²) in [5.74, 6) is 0. The van der Waals surface area contributed by atoms with Gasteiger partial charge in [0.1, 0.15) is 23.9 Å². The van der Waals surface area contributed by atoms with Gasteiger partial charge in [0, 0.05) is 6.54 Å². The maximum absolute atomic E-state index is 12.8. The Balaban J connectivity index is 1.78. The zero-order chi connectivity index (χ0) is 23.0. The quantitative estimate of drug-likeness (QED) is 0.679. The zero-order valence-corrected chi connectivity index (χ0v) is 19.0. The fourth-order valence-electron chi connectivity index (χ4n) is 3.43. The molecular weight excluding hydrogens is 406 g/mol. The lowest BCUT2D eigenvalue weighted by Gasteiger charge is -2.36. The lowest BCUT2D eigenvalue weighted by Crippen LogP contribution is -2.50. The van der Waals surface area contributed by atoms with Gasteiger partial charge >= 0.3 is 6.09 Å². The van der Waals surface area contributed by atoms with Crippen LogP contribution >= 0.6 is 0 Å². The molecule has 0 radical (unpaired) electrons. The molecule has 0 spiro atoms. The zero-order valence-electron chi connectivity index (χ0n) is 19.0. The van der Waals surface area contributed by atoms with Crippen LogP contribution in [0.2, 0.25) is 0 Å². The highest BCUT2D eigenvalue weighted by Gasteiger charge is 2.34. The topological polar surface area (TPSA) is 68.2 Å². The first-order chi connectivity index (χ1) is 15.3. The molecule has 0 aromatic heterocycles. The molecule has 0 saturated carbocycles. The fourth-order valence-corrected chi connectivity index (χ4v) is 3.43. The molecule has 3 rings (SSSR count). The van der Waals surface area contributed by atoms with E-state index < -0.39 is 30.0 Å². The highest BCUT2D eigenvalue weighted by Crippen LogP contribution is 2.20. The summed E-state index contributed by atoms with van der Waals surface area (Å²) in [5, 5.41) is 10.8. The van der Waals surface area contributed by atoms with Gasteiger partial charge in [-0.3, -0.25) is 0 Å². The summed E-state index contributed by atoms with van der Waals surface area (Å²) in [7, 11) is 0. The number of carbonyl (C=O) groups is 1. The molecule has 1 aliphatic heterocycles. The Morgan fingerprint density at radius 2 is 1.53 bits per heavy atom. The Morgan fingerprint density at radius 3 is 2.09 bits per heavy atom. The van der Waals surface area contributed by atoms with Crippen LogP contribution in [0.25, 0.3) is 0 Å². The van der Waals surface area contributed by atoms with Crippen molar-refractivity contribution in [3.05, 3.63) is 83.9 Å². The van der Waals surface area contributed by atoms with E-state index >= 15 is 0 Å². The first-order valence-corrected chi connectivity index (χ1v) is 11.0. The van der Waals surface area contributed by atoms with Crippen molar-refractivity contribution in [3.8, 4) is 0 Å². The van der Waals surface area contributed by atoms with Crippen molar-refractivity contribution in [1.82, 2.24) is 4.90 Å². The molecule has 172 valence electrons. The Hall–Kier alpha value is -2.67. The Kier molecular flexibility index (Phi) is 8.45. The molecule has 1 aliphatic rings. The minimum Gasteiger partial charge on any atom is -0.444 e. The number of aliphatic hydroxyl groups is 1. The van der Waals surface area contributed by atoms with E-state index in [0.717, 1.165) is 11.1 Å². The number of ether oxygens (including phenoxy) is 3. The van der Waals surface area contributed by atoms with E-state index in [9.17, 15) is 9.90 Å². The highest BCUT2D eigenvalue weighted by atomic mass is 16.6. The summed E-state index contributed by atoms with van der Waals surface area (Å²) in [6, 6.07) is 19.6. The van der Waals surface area contributed by atoms with Crippen LogP contribution in [0.3, 0.4) is 0 Å². The molecular formula is C26H33NO5. The van der Waals surface area contributed by atoms with E-state index in [2.05, 4.69) is 0 Å². The monoisotopic (exact) mass is 439 g/mol. The number of benzene rings is 2. The van der Waals surface area contributed by atoms with Gasteiger partial charge < -0.3 is 24.2 Å². The largest absolute Gasteiger partial charge is 0.444 e. The molecule has 0 saturated heterocycles. The van der Waals surface area contributed by atoms with Crippen molar-refractivity contribution in [3.63, 3.8) is 0 Å². The van der Waals surface area contributed by atoms with Crippen molar-refractivity contribution >= 4 is 6.09 Å². The highest BCUT2D eigenvalue weighted by molar-refractivity contribution is 5.68. The minimum atomic E-state index is -0.861. The Labute approximate surface area is 190 Å². The average Bonchev–Trinajstić information content (AvgIpc) is 2.75. The van der Waals surface area contributed by atoms with Crippen LogP contribution < -0.4 is 0 Å². The Bertz CT molecular complexity index is 863. The number of hydrogen-bond acceptors (Lipinski definition) is 5. The van der Waals surface area contributed by atoms with Crippen molar-refractivity contribution in [2.45, 2.75) is 57.9 Å². The molecule has 2 aromatic rings. The molecule has 6 nitrogen and oxygen atoms in total. The maximum Gasteiger partial charge on any atom is 0.410 e. The number of rotatable bonds is 6. The number of nitrogens with zero attached hydrogens (tertiary/aromatic N) is 1. The standard InChI is InChI=1S/C26H33NO5/c1-26(2,3)32-25(29)27-16-10-15-22(28)24(31-19-21-13-8-5-9-14-21)23(17-27)30-18-20-11-6-4-7-12-20/h4-15,22-24,28H,16-19H2,1-3H3/b15-10-/t22-,23+,24+/m1/s1. The third-order valence-corrected chi connectivity index (χ3v) is 5.01. The predicted molar refractivity (Wildman–Crippen MR) is 123 cm³/mol. The van der Waals surface area contributed by atoms with Crippen LogP contribution in [0.5, 0.6) is 0 Å². The molecule has 32 heavy (non-hydrogen) atoms. The van der Waals surface area contributed by atoms with E-state index in [4.69, 9.17) is 14.2 Å². The summed E-state index contributed by atoms with van der Waals surface area (Å²) in [6.07, 6.45) is 0.937. The normalized spacial score (nSPS) is 22.6. The van der Waals surface area contributed by atoms with Crippen molar-refractivity contribution in [2.75, 3.05) is 13.1 Å². The molecule has 1 heterocycles.